The molecule has 0 radical (unpaired) electrons. The van der Waals surface area contributed by atoms with Crippen LogP contribution in [0.25, 0.3) is 0 Å². The van der Waals surface area contributed by atoms with E-state index in [2.05, 4.69) is 43.2 Å². The number of ether oxygens (including phenoxy) is 3. The molecule has 27 heavy (non-hydrogen) atoms. The number of carbonyl (C=O) groups is 1. The van der Waals surface area contributed by atoms with E-state index < -0.39 is 0 Å². The third kappa shape index (κ3) is 21.7. The van der Waals surface area contributed by atoms with Crippen molar-refractivity contribution in [2.24, 2.45) is 0 Å². The standard InChI is InChI=1S/C19H36N2O4S2/c1-5-6-7-9-21-19(22)8-11-23-12-13-24-14-15-25-18(4)27-26-16-10-20-17(2)3/h17-18,20H,5,8-16H2,1-4H3,(H,21,22). The lowest BCUT2D eigenvalue weighted by Gasteiger charge is -2.13. The van der Waals surface area contributed by atoms with E-state index in [0.29, 0.717) is 52.0 Å². The third-order valence-corrected chi connectivity index (χ3v) is 5.68. The van der Waals surface area contributed by atoms with Gasteiger partial charge >= 0.3 is 0 Å². The number of rotatable bonds is 17. The van der Waals surface area contributed by atoms with Crippen LogP contribution in [-0.2, 0) is 19.0 Å². The van der Waals surface area contributed by atoms with Gasteiger partial charge in [0.25, 0.3) is 0 Å². The Morgan fingerprint density at radius 3 is 2.44 bits per heavy atom. The van der Waals surface area contributed by atoms with Crippen LogP contribution >= 0.6 is 21.6 Å². The average molecular weight is 421 g/mol. The Bertz CT molecular complexity index is 414. The minimum atomic E-state index is -0.0425. The molecule has 1 atom stereocenters. The zero-order chi connectivity index (χ0) is 20.2. The fourth-order valence-corrected chi connectivity index (χ4v) is 3.66. The Hall–Kier alpha value is -0.430. The van der Waals surface area contributed by atoms with Gasteiger partial charge in [-0.25, -0.2) is 0 Å². The van der Waals surface area contributed by atoms with Crippen LogP contribution in [0.3, 0.4) is 0 Å². The molecular formula is C19H36N2O4S2. The summed E-state index contributed by atoms with van der Waals surface area (Å²) in [4.78, 5) is 11.5. The zero-order valence-electron chi connectivity index (χ0n) is 17.2. The van der Waals surface area contributed by atoms with Crippen LogP contribution in [0, 0.1) is 11.8 Å². The summed E-state index contributed by atoms with van der Waals surface area (Å²) in [6.45, 7) is 12.2. The molecule has 1 unspecified atom stereocenters. The number of hydrogen-bond donors (Lipinski definition) is 2. The zero-order valence-corrected chi connectivity index (χ0v) is 18.8. The van der Waals surface area contributed by atoms with Gasteiger partial charge in [0.1, 0.15) is 5.44 Å². The first kappa shape index (κ1) is 26.6. The van der Waals surface area contributed by atoms with E-state index in [0.717, 1.165) is 18.7 Å². The van der Waals surface area contributed by atoms with Gasteiger partial charge in [0.05, 0.1) is 39.6 Å². The van der Waals surface area contributed by atoms with Crippen LogP contribution in [0.2, 0.25) is 0 Å². The number of nitrogens with one attached hydrogen (secondary N) is 2. The monoisotopic (exact) mass is 420 g/mol. The topological polar surface area (TPSA) is 68.8 Å². The Kier molecular flexibility index (Phi) is 20.0. The molecule has 0 heterocycles. The predicted octanol–water partition coefficient (Wildman–Crippen LogP) is 2.68. The van der Waals surface area contributed by atoms with E-state index in [-0.39, 0.29) is 11.3 Å². The van der Waals surface area contributed by atoms with Gasteiger partial charge in [0.15, 0.2) is 0 Å². The van der Waals surface area contributed by atoms with Crippen molar-refractivity contribution in [1.82, 2.24) is 10.6 Å². The van der Waals surface area contributed by atoms with Crippen molar-refractivity contribution >= 4 is 27.5 Å². The highest BCUT2D eigenvalue weighted by Crippen LogP contribution is 2.26. The summed E-state index contributed by atoms with van der Waals surface area (Å²) in [5, 5.41) is 6.11. The van der Waals surface area contributed by atoms with Crippen LogP contribution in [0.1, 0.15) is 40.5 Å². The first-order chi connectivity index (χ1) is 13.1. The van der Waals surface area contributed by atoms with Gasteiger partial charge in [-0.3, -0.25) is 4.79 Å². The molecule has 0 aromatic heterocycles. The van der Waals surface area contributed by atoms with Crippen LogP contribution in [0.15, 0.2) is 0 Å². The summed E-state index contributed by atoms with van der Waals surface area (Å²) in [6.07, 6.45) is 1.15. The Morgan fingerprint density at radius 2 is 1.74 bits per heavy atom. The highest BCUT2D eigenvalue weighted by atomic mass is 33.1. The molecule has 0 aromatic rings. The Morgan fingerprint density at radius 1 is 1.04 bits per heavy atom. The molecule has 0 aliphatic heterocycles. The molecule has 0 aromatic carbocycles. The molecule has 1 amide bonds. The van der Waals surface area contributed by atoms with E-state index in [9.17, 15) is 4.79 Å². The van der Waals surface area contributed by atoms with Crippen LogP contribution in [0.5, 0.6) is 0 Å². The molecule has 8 heteroatoms. The van der Waals surface area contributed by atoms with Crippen molar-refractivity contribution in [2.45, 2.75) is 52.0 Å². The largest absolute Gasteiger partial charge is 0.379 e. The smallest absolute Gasteiger partial charge is 0.223 e. The molecule has 0 aliphatic rings. The second-order valence-electron chi connectivity index (χ2n) is 5.92. The van der Waals surface area contributed by atoms with Gasteiger partial charge in [-0.2, -0.15) is 0 Å². The van der Waals surface area contributed by atoms with Gasteiger partial charge in [0.2, 0.25) is 5.91 Å². The SMILES string of the molecule is CCC#CCNC(=O)CCOCCOCCOC(C)SSCCNC(C)C. The quantitative estimate of drug-likeness (QED) is 0.162. The van der Waals surface area contributed by atoms with Gasteiger partial charge < -0.3 is 24.8 Å². The van der Waals surface area contributed by atoms with Crippen molar-refractivity contribution in [3.63, 3.8) is 0 Å². The van der Waals surface area contributed by atoms with Gasteiger partial charge in [-0.1, -0.05) is 48.3 Å². The summed E-state index contributed by atoms with van der Waals surface area (Å²) in [5.41, 5.74) is 0.148. The summed E-state index contributed by atoms with van der Waals surface area (Å²) < 4.78 is 16.5. The van der Waals surface area contributed by atoms with Crippen molar-refractivity contribution in [3.05, 3.63) is 0 Å². The van der Waals surface area contributed by atoms with Gasteiger partial charge in [0, 0.05) is 31.2 Å². The molecule has 0 bridgehead atoms. The maximum atomic E-state index is 11.5. The van der Waals surface area contributed by atoms with Gasteiger partial charge in [-0.05, 0) is 6.92 Å². The fraction of sp³-hybridized carbons (Fsp3) is 0.842. The number of hydrogen-bond acceptors (Lipinski definition) is 7. The van der Waals surface area contributed by atoms with Crippen LogP contribution in [-0.4, -0.2) is 69.3 Å². The molecule has 0 fully saturated rings. The second-order valence-corrected chi connectivity index (χ2v) is 8.71. The lowest BCUT2D eigenvalue weighted by Crippen LogP contribution is -2.25. The van der Waals surface area contributed by atoms with E-state index in [1.807, 2.05) is 17.7 Å². The summed E-state index contributed by atoms with van der Waals surface area (Å²) in [5.74, 6) is 6.79. The molecule has 0 saturated carbocycles. The maximum absolute atomic E-state index is 11.5. The van der Waals surface area contributed by atoms with Crippen molar-refractivity contribution in [3.8, 4) is 11.8 Å². The van der Waals surface area contributed by atoms with E-state index >= 15 is 0 Å². The van der Waals surface area contributed by atoms with Crippen LogP contribution < -0.4 is 10.6 Å². The number of carbonyl (C=O) groups excluding carboxylic acids is 1. The molecule has 158 valence electrons. The minimum Gasteiger partial charge on any atom is -0.379 e. The van der Waals surface area contributed by atoms with Crippen LogP contribution in [0.4, 0.5) is 0 Å². The van der Waals surface area contributed by atoms with Crippen molar-refractivity contribution < 1.29 is 19.0 Å². The first-order valence-electron chi connectivity index (χ1n) is 9.57. The molecule has 2 N–H and O–H groups in total. The molecule has 0 aliphatic carbocycles. The minimum absolute atomic E-state index is 0.0425. The summed E-state index contributed by atoms with van der Waals surface area (Å²) in [7, 11) is 3.56. The normalized spacial score (nSPS) is 11.9. The van der Waals surface area contributed by atoms with E-state index in [1.54, 1.807) is 10.8 Å². The highest BCUT2D eigenvalue weighted by molar-refractivity contribution is 8.76. The van der Waals surface area contributed by atoms with Gasteiger partial charge in [-0.15, -0.1) is 5.92 Å². The molecule has 0 saturated heterocycles. The number of amides is 1. The summed E-state index contributed by atoms with van der Waals surface area (Å²) in [6, 6.07) is 0.535. The van der Waals surface area contributed by atoms with E-state index in [4.69, 9.17) is 14.2 Å². The third-order valence-electron chi connectivity index (χ3n) is 3.04. The average Bonchev–Trinajstić information content (AvgIpc) is 2.63. The predicted molar refractivity (Wildman–Crippen MR) is 116 cm³/mol. The first-order valence-corrected chi connectivity index (χ1v) is 12.0. The highest BCUT2D eigenvalue weighted by Gasteiger charge is 2.03. The molecular weight excluding hydrogens is 384 g/mol. The fourth-order valence-electron chi connectivity index (χ4n) is 1.74. The lowest BCUT2D eigenvalue weighted by molar-refractivity contribution is -0.122. The molecule has 0 spiro atoms. The Balaban J connectivity index is 3.29. The van der Waals surface area contributed by atoms with Crippen molar-refractivity contribution in [2.75, 3.05) is 51.9 Å². The lowest BCUT2D eigenvalue weighted by atomic mass is 10.4. The summed E-state index contributed by atoms with van der Waals surface area (Å²) >= 11 is 0. The maximum Gasteiger partial charge on any atom is 0.223 e. The molecule has 6 nitrogen and oxygen atoms in total. The second kappa shape index (κ2) is 20.3. The van der Waals surface area contributed by atoms with E-state index in [1.165, 1.54) is 0 Å². The molecule has 0 rings (SSSR count). The Labute approximate surface area is 173 Å². The van der Waals surface area contributed by atoms with Crippen molar-refractivity contribution in [1.29, 1.82) is 0 Å².